The summed E-state index contributed by atoms with van der Waals surface area (Å²) in [4.78, 5) is 10.5. The molecular formula is C18H19N5O. The van der Waals surface area contributed by atoms with Crippen molar-refractivity contribution < 1.29 is 4.74 Å². The van der Waals surface area contributed by atoms with Gasteiger partial charge in [0.2, 0.25) is 0 Å². The SMILES string of the molecule is c1cncc(OC2CCN(Cc3ccc(-n4cncn4)cc3)C2)c1. The predicted octanol–water partition coefficient (Wildman–Crippen LogP) is 2.32. The second-order valence-corrected chi connectivity index (χ2v) is 5.96. The quantitative estimate of drug-likeness (QED) is 0.722. The van der Waals surface area contributed by atoms with Crippen molar-refractivity contribution >= 4 is 0 Å². The van der Waals surface area contributed by atoms with Crippen molar-refractivity contribution in [2.75, 3.05) is 13.1 Å². The van der Waals surface area contributed by atoms with Crippen molar-refractivity contribution in [3.8, 4) is 11.4 Å². The third-order valence-corrected chi connectivity index (χ3v) is 4.19. The van der Waals surface area contributed by atoms with Gasteiger partial charge >= 0.3 is 0 Å². The maximum Gasteiger partial charge on any atom is 0.138 e. The highest BCUT2D eigenvalue weighted by Crippen LogP contribution is 2.19. The first-order valence-corrected chi connectivity index (χ1v) is 8.10. The topological polar surface area (TPSA) is 56.1 Å². The molecule has 0 radical (unpaired) electrons. The van der Waals surface area contributed by atoms with E-state index in [2.05, 4.69) is 44.2 Å². The van der Waals surface area contributed by atoms with Crippen LogP contribution in [0.1, 0.15) is 12.0 Å². The van der Waals surface area contributed by atoms with Gasteiger partial charge in [0.05, 0.1) is 11.9 Å². The summed E-state index contributed by atoms with van der Waals surface area (Å²) in [6.45, 7) is 2.93. The van der Waals surface area contributed by atoms with Gasteiger partial charge in [0.1, 0.15) is 24.5 Å². The molecule has 1 fully saturated rings. The second-order valence-electron chi connectivity index (χ2n) is 5.96. The average Bonchev–Trinajstić information content (AvgIpc) is 3.29. The summed E-state index contributed by atoms with van der Waals surface area (Å²) >= 11 is 0. The smallest absolute Gasteiger partial charge is 0.138 e. The van der Waals surface area contributed by atoms with Gasteiger partial charge < -0.3 is 4.74 Å². The van der Waals surface area contributed by atoms with E-state index < -0.39 is 0 Å². The molecule has 1 unspecified atom stereocenters. The number of aromatic nitrogens is 4. The van der Waals surface area contributed by atoms with E-state index in [1.54, 1.807) is 29.7 Å². The summed E-state index contributed by atoms with van der Waals surface area (Å²) < 4.78 is 7.75. The highest BCUT2D eigenvalue weighted by Gasteiger charge is 2.23. The Bertz CT molecular complexity index is 758. The van der Waals surface area contributed by atoms with E-state index in [1.165, 1.54) is 5.56 Å². The third-order valence-electron chi connectivity index (χ3n) is 4.19. The summed E-state index contributed by atoms with van der Waals surface area (Å²) in [5, 5.41) is 4.14. The second kappa shape index (κ2) is 6.80. The minimum Gasteiger partial charge on any atom is -0.487 e. The van der Waals surface area contributed by atoms with Gasteiger partial charge in [0.15, 0.2) is 0 Å². The molecule has 0 N–H and O–H groups in total. The van der Waals surface area contributed by atoms with Gasteiger partial charge in [0, 0.05) is 25.8 Å². The van der Waals surface area contributed by atoms with Crippen molar-refractivity contribution in [2.45, 2.75) is 19.1 Å². The first kappa shape index (κ1) is 14.8. The van der Waals surface area contributed by atoms with Gasteiger partial charge in [-0.3, -0.25) is 9.88 Å². The lowest BCUT2D eigenvalue weighted by molar-refractivity contribution is 0.197. The van der Waals surface area contributed by atoms with Crippen LogP contribution in [0, 0.1) is 0 Å². The molecule has 122 valence electrons. The number of hydrogen-bond acceptors (Lipinski definition) is 5. The van der Waals surface area contributed by atoms with Gasteiger partial charge in [-0.2, -0.15) is 5.10 Å². The molecular weight excluding hydrogens is 302 g/mol. The lowest BCUT2D eigenvalue weighted by atomic mass is 10.2. The molecule has 1 aliphatic rings. The molecule has 0 amide bonds. The molecule has 0 spiro atoms. The lowest BCUT2D eigenvalue weighted by Gasteiger charge is -2.17. The highest BCUT2D eigenvalue weighted by atomic mass is 16.5. The number of pyridine rings is 1. The maximum atomic E-state index is 5.99. The summed E-state index contributed by atoms with van der Waals surface area (Å²) in [6.07, 6.45) is 8.06. The Morgan fingerprint density at radius 3 is 2.79 bits per heavy atom. The highest BCUT2D eigenvalue weighted by molar-refractivity contribution is 5.33. The Morgan fingerprint density at radius 1 is 1.12 bits per heavy atom. The Hall–Kier alpha value is -2.73. The molecule has 24 heavy (non-hydrogen) atoms. The fourth-order valence-corrected chi connectivity index (χ4v) is 3.00. The lowest BCUT2D eigenvalue weighted by Crippen LogP contribution is -2.24. The van der Waals surface area contributed by atoms with Crippen molar-refractivity contribution in [3.05, 3.63) is 67.0 Å². The Kier molecular flexibility index (Phi) is 4.20. The van der Waals surface area contributed by atoms with E-state index in [0.29, 0.717) is 0 Å². The summed E-state index contributed by atoms with van der Waals surface area (Å²) in [7, 11) is 0. The van der Waals surface area contributed by atoms with Crippen molar-refractivity contribution in [1.29, 1.82) is 0 Å². The minimum absolute atomic E-state index is 0.239. The molecule has 1 aliphatic heterocycles. The number of ether oxygens (including phenoxy) is 1. The monoisotopic (exact) mass is 321 g/mol. The van der Waals surface area contributed by atoms with Crippen LogP contribution < -0.4 is 4.74 Å². The fourth-order valence-electron chi connectivity index (χ4n) is 3.00. The number of nitrogens with zero attached hydrogens (tertiary/aromatic N) is 5. The number of likely N-dealkylation sites (tertiary alicyclic amines) is 1. The number of benzene rings is 1. The van der Waals surface area contributed by atoms with Gasteiger partial charge in [-0.25, -0.2) is 9.67 Å². The molecule has 3 aromatic rings. The Labute approximate surface area is 140 Å². The van der Waals surface area contributed by atoms with Crippen LogP contribution in [0.2, 0.25) is 0 Å². The fraction of sp³-hybridized carbons (Fsp3) is 0.278. The molecule has 4 rings (SSSR count). The van der Waals surface area contributed by atoms with E-state index in [9.17, 15) is 0 Å². The van der Waals surface area contributed by atoms with E-state index in [1.807, 2.05) is 12.1 Å². The number of hydrogen-bond donors (Lipinski definition) is 0. The summed E-state index contributed by atoms with van der Waals surface area (Å²) in [5.41, 5.74) is 2.32. The van der Waals surface area contributed by atoms with Crippen LogP contribution in [-0.4, -0.2) is 43.8 Å². The van der Waals surface area contributed by atoms with Crippen LogP contribution in [0.25, 0.3) is 5.69 Å². The van der Waals surface area contributed by atoms with Gasteiger partial charge in [-0.05, 0) is 36.2 Å². The van der Waals surface area contributed by atoms with Crippen LogP contribution in [0.5, 0.6) is 5.75 Å². The molecule has 1 aromatic carbocycles. The molecule has 0 saturated carbocycles. The predicted molar refractivity (Wildman–Crippen MR) is 89.9 cm³/mol. The zero-order valence-electron chi connectivity index (χ0n) is 13.3. The largest absolute Gasteiger partial charge is 0.487 e. The van der Waals surface area contributed by atoms with Crippen LogP contribution in [0.15, 0.2) is 61.4 Å². The third kappa shape index (κ3) is 3.44. The first-order chi connectivity index (χ1) is 11.9. The van der Waals surface area contributed by atoms with Gasteiger partial charge in [-0.15, -0.1) is 0 Å². The molecule has 1 saturated heterocycles. The van der Waals surface area contributed by atoms with Crippen LogP contribution in [0.3, 0.4) is 0 Å². The van der Waals surface area contributed by atoms with E-state index in [4.69, 9.17) is 4.74 Å². The van der Waals surface area contributed by atoms with Gasteiger partial charge in [-0.1, -0.05) is 12.1 Å². The zero-order chi connectivity index (χ0) is 16.2. The van der Waals surface area contributed by atoms with Crippen molar-refractivity contribution in [2.24, 2.45) is 0 Å². The van der Waals surface area contributed by atoms with Crippen LogP contribution >= 0.6 is 0 Å². The average molecular weight is 321 g/mol. The first-order valence-electron chi connectivity index (χ1n) is 8.10. The Balaban J connectivity index is 1.33. The van der Waals surface area contributed by atoms with Gasteiger partial charge in [0.25, 0.3) is 0 Å². The molecule has 0 aliphatic carbocycles. The summed E-state index contributed by atoms with van der Waals surface area (Å²) in [6, 6.07) is 12.3. The van der Waals surface area contributed by atoms with Crippen LogP contribution in [0.4, 0.5) is 0 Å². The maximum absolute atomic E-state index is 5.99. The Morgan fingerprint density at radius 2 is 2.04 bits per heavy atom. The number of rotatable bonds is 5. The molecule has 6 nitrogen and oxygen atoms in total. The molecule has 0 bridgehead atoms. The normalized spacial score (nSPS) is 17.9. The zero-order valence-corrected chi connectivity index (χ0v) is 13.3. The van der Waals surface area contributed by atoms with E-state index in [-0.39, 0.29) is 6.10 Å². The van der Waals surface area contributed by atoms with E-state index >= 15 is 0 Å². The van der Waals surface area contributed by atoms with Crippen molar-refractivity contribution in [1.82, 2.24) is 24.6 Å². The van der Waals surface area contributed by atoms with Crippen molar-refractivity contribution in [3.63, 3.8) is 0 Å². The van der Waals surface area contributed by atoms with E-state index in [0.717, 1.165) is 37.5 Å². The molecule has 3 heterocycles. The minimum atomic E-state index is 0.239. The summed E-state index contributed by atoms with van der Waals surface area (Å²) in [5.74, 6) is 0.849. The molecule has 6 heteroatoms. The van der Waals surface area contributed by atoms with Crippen LogP contribution in [-0.2, 0) is 6.54 Å². The standard InChI is InChI=1S/C18H19N5O/c1-2-17(10-19-8-1)24-18-7-9-22(12-18)11-15-3-5-16(6-4-15)23-14-20-13-21-23/h1-6,8,10,13-14,18H,7,9,11-12H2. The molecule has 2 aromatic heterocycles. The molecule has 1 atom stereocenters.